The highest BCUT2D eigenvalue weighted by Gasteiger charge is 2.53. The molecule has 0 spiro atoms. The van der Waals surface area contributed by atoms with Crippen LogP contribution in [0.25, 0.3) is 0 Å². The van der Waals surface area contributed by atoms with Gasteiger partial charge in [-0.3, -0.25) is 0 Å². The Morgan fingerprint density at radius 2 is 2.10 bits per heavy atom. The van der Waals surface area contributed by atoms with Crippen LogP contribution < -0.4 is 0 Å². The summed E-state index contributed by atoms with van der Waals surface area (Å²) in [4.78, 5) is 3.51. The summed E-state index contributed by atoms with van der Waals surface area (Å²) in [7, 11) is -3.35. The first kappa shape index (κ1) is 15.7. The topological polar surface area (TPSA) is 67.3 Å². The van der Waals surface area contributed by atoms with Gasteiger partial charge in [-0.05, 0) is 26.3 Å². The first-order valence-electron chi connectivity index (χ1n) is 6.26. The summed E-state index contributed by atoms with van der Waals surface area (Å²) in [6.45, 7) is 4.66. The lowest BCUT2D eigenvalue weighted by Crippen LogP contribution is -2.53. The fourth-order valence-corrected chi connectivity index (χ4v) is 4.70. The normalized spacial score (nSPS) is 32.0. The van der Waals surface area contributed by atoms with Gasteiger partial charge in [0.05, 0.1) is 21.1 Å². The van der Waals surface area contributed by atoms with Gasteiger partial charge in [0.15, 0.2) is 9.84 Å². The van der Waals surface area contributed by atoms with Crippen LogP contribution in [0.3, 0.4) is 0 Å². The van der Waals surface area contributed by atoms with Gasteiger partial charge in [-0.2, -0.15) is 4.39 Å². The molecule has 2 heterocycles. The predicted octanol–water partition coefficient (Wildman–Crippen LogP) is 2.29. The van der Waals surface area contributed by atoms with Crippen LogP contribution in [0.15, 0.2) is 12.3 Å². The van der Waals surface area contributed by atoms with E-state index in [-0.39, 0.29) is 22.8 Å². The molecular formula is C13H17ClFNO3S. The molecule has 112 valence electrons. The number of halogens is 2. The van der Waals surface area contributed by atoms with E-state index in [1.54, 1.807) is 6.92 Å². The maximum atomic E-state index is 13.9. The van der Waals surface area contributed by atoms with Gasteiger partial charge >= 0.3 is 0 Å². The van der Waals surface area contributed by atoms with Crippen LogP contribution >= 0.6 is 11.6 Å². The molecule has 1 aliphatic heterocycles. The van der Waals surface area contributed by atoms with Gasteiger partial charge in [0, 0.05) is 17.7 Å². The van der Waals surface area contributed by atoms with Crippen molar-refractivity contribution in [3.63, 3.8) is 0 Å². The summed E-state index contributed by atoms with van der Waals surface area (Å²) in [6.07, 6.45) is 1.06. The third-order valence-corrected chi connectivity index (χ3v) is 7.07. The molecule has 2 atom stereocenters. The molecule has 0 amide bonds. The molecule has 2 rings (SSSR count). The van der Waals surface area contributed by atoms with Gasteiger partial charge in [-0.15, -0.1) is 0 Å². The summed E-state index contributed by atoms with van der Waals surface area (Å²) >= 11 is 5.81. The molecule has 0 aromatic carbocycles. The smallest absolute Gasteiger partial charge is 0.219 e. The molecule has 0 saturated carbocycles. The highest BCUT2D eigenvalue weighted by molar-refractivity contribution is 7.92. The Balaban J connectivity index is 2.57. The summed E-state index contributed by atoms with van der Waals surface area (Å²) in [5.74, 6) is -1.67. The van der Waals surface area contributed by atoms with Crippen LogP contribution in [0, 0.1) is 11.9 Å². The molecule has 1 N–H and O–H groups in total. The molecule has 1 aliphatic rings. The van der Waals surface area contributed by atoms with E-state index >= 15 is 0 Å². The van der Waals surface area contributed by atoms with Gasteiger partial charge in [0.2, 0.25) is 5.95 Å². The van der Waals surface area contributed by atoms with E-state index in [0.717, 1.165) is 6.20 Å². The van der Waals surface area contributed by atoms with E-state index < -0.39 is 32.1 Å². The third-order valence-electron chi connectivity index (χ3n) is 4.09. The van der Waals surface area contributed by atoms with E-state index in [2.05, 4.69) is 4.98 Å². The Labute approximate surface area is 122 Å². The average molecular weight is 322 g/mol. The lowest BCUT2D eigenvalue weighted by atomic mass is 9.77. The zero-order chi connectivity index (χ0) is 15.3. The molecule has 1 saturated heterocycles. The first-order chi connectivity index (χ1) is 8.99. The van der Waals surface area contributed by atoms with E-state index in [9.17, 15) is 17.9 Å². The van der Waals surface area contributed by atoms with Gasteiger partial charge in [0.25, 0.3) is 0 Å². The third kappa shape index (κ3) is 2.34. The van der Waals surface area contributed by atoms with Gasteiger partial charge in [0.1, 0.15) is 0 Å². The number of rotatable bonds is 1. The standard InChI is InChI=1S/C13H17ClFNO3S/c1-8-6-20(18,19)12(2,3)7-13(8,17)10-4-9(14)5-16-11(10)15/h4-5,8,17H,6-7H2,1-3H3. The summed E-state index contributed by atoms with van der Waals surface area (Å²) in [5.41, 5.74) is -1.64. The highest BCUT2D eigenvalue weighted by atomic mass is 35.5. The molecular weight excluding hydrogens is 305 g/mol. The van der Waals surface area contributed by atoms with Crippen molar-refractivity contribution < 1.29 is 17.9 Å². The second-order valence-corrected chi connectivity index (χ2v) is 9.14. The minimum atomic E-state index is -3.35. The van der Waals surface area contributed by atoms with Crippen molar-refractivity contribution in [2.45, 2.75) is 37.5 Å². The molecule has 0 radical (unpaired) electrons. The number of sulfone groups is 1. The summed E-state index contributed by atoms with van der Waals surface area (Å²) < 4.78 is 37.1. The SMILES string of the molecule is CC1CS(=O)(=O)C(C)(C)CC1(O)c1cc(Cl)cnc1F. The fraction of sp³-hybridized carbons (Fsp3) is 0.615. The Hall–Kier alpha value is -0.720. The van der Waals surface area contributed by atoms with Crippen molar-refractivity contribution in [1.29, 1.82) is 0 Å². The Kier molecular flexibility index (Phi) is 3.64. The number of aromatic nitrogens is 1. The van der Waals surface area contributed by atoms with Crippen LogP contribution in [0.2, 0.25) is 5.02 Å². The van der Waals surface area contributed by atoms with Gasteiger partial charge < -0.3 is 5.11 Å². The minimum Gasteiger partial charge on any atom is -0.385 e. The van der Waals surface area contributed by atoms with E-state index in [1.807, 2.05) is 0 Å². The Morgan fingerprint density at radius 1 is 1.50 bits per heavy atom. The monoisotopic (exact) mass is 321 g/mol. The average Bonchev–Trinajstić information content (AvgIpc) is 2.29. The molecule has 0 bridgehead atoms. The van der Waals surface area contributed by atoms with Crippen LogP contribution in [-0.2, 0) is 15.4 Å². The predicted molar refractivity (Wildman–Crippen MR) is 74.7 cm³/mol. The highest BCUT2D eigenvalue weighted by Crippen LogP contribution is 2.46. The van der Waals surface area contributed by atoms with E-state index in [0.29, 0.717) is 0 Å². The molecule has 1 aromatic rings. The zero-order valence-electron chi connectivity index (χ0n) is 11.5. The van der Waals surface area contributed by atoms with Crippen molar-refractivity contribution in [2.24, 2.45) is 5.92 Å². The maximum Gasteiger partial charge on any atom is 0.219 e. The van der Waals surface area contributed by atoms with E-state index in [4.69, 9.17) is 11.6 Å². The lowest BCUT2D eigenvalue weighted by Gasteiger charge is -2.45. The van der Waals surface area contributed by atoms with Crippen LogP contribution in [0.4, 0.5) is 4.39 Å². The van der Waals surface area contributed by atoms with E-state index in [1.165, 1.54) is 19.9 Å². The van der Waals surface area contributed by atoms with Crippen molar-refractivity contribution in [2.75, 3.05) is 5.75 Å². The van der Waals surface area contributed by atoms with Crippen molar-refractivity contribution in [3.8, 4) is 0 Å². The second-order valence-electron chi connectivity index (χ2n) is 6.04. The van der Waals surface area contributed by atoms with Crippen LogP contribution in [-0.4, -0.2) is 29.0 Å². The Bertz CT molecular complexity index is 647. The van der Waals surface area contributed by atoms with Crippen molar-refractivity contribution >= 4 is 21.4 Å². The van der Waals surface area contributed by atoms with Gasteiger partial charge in [-0.25, -0.2) is 13.4 Å². The number of aliphatic hydroxyl groups is 1. The maximum absolute atomic E-state index is 13.9. The molecule has 4 nitrogen and oxygen atoms in total. The quantitative estimate of drug-likeness (QED) is 0.806. The van der Waals surface area contributed by atoms with Crippen molar-refractivity contribution in [1.82, 2.24) is 4.98 Å². The van der Waals surface area contributed by atoms with Crippen LogP contribution in [0.1, 0.15) is 32.8 Å². The number of hydrogen-bond acceptors (Lipinski definition) is 4. The largest absolute Gasteiger partial charge is 0.385 e. The zero-order valence-corrected chi connectivity index (χ0v) is 13.1. The molecule has 7 heteroatoms. The molecule has 2 unspecified atom stereocenters. The van der Waals surface area contributed by atoms with Crippen molar-refractivity contribution in [3.05, 3.63) is 28.8 Å². The molecule has 20 heavy (non-hydrogen) atoms. The van der Waals surface area contributed by atoms with Crippen LogP contribution in [0.5, 0.6) is 0 Å². The second kappa shape index (κ2) is 4.64. The molecule has 1 aromatic heterocycles. The number of pyridine rings is 1. The minimum absolute atomic E-state index is 0.0412. The molecule has 1 fully saturated rings. The fourth-order valence-electron chi connectivity index (χ4n) is 2.71. The summed E-state index contributed by atoms with van der Waals surface area (Å²) in [6, 6.07) is 1.31. The number of nitrogens with zero attached hydrogens (tertiary/aromatic N) is 1. The first-order valence-corrected chi connectivity index (χ1v) is 8.29. The Morgan fingerprint density at radius 3 is 2.70 bits per heavy atom. The van der Waals surface area contributed by atoms with Gasteiger partial charge in [-0.1, -0.05) is 18.5 Å². The lowest BCUT2D eigenvalue weighted by molar-refractivity contribution is -0.0343. The molecule has 0 aliphatic carbocycles. The summed E-state index contributed by atoms with van der Waals surface area (Å²) in [5, 5.41) is 11.1. The number of hydrogen-bond donors (Lipinski definition) is 1.